The molecule has 98 valence electrons. The summed E-state index contributed by atoms with van der Waals surface area (Å²) in [6.45, 7) is 4.99. The Kier molecular flexibility index (Phi) is 6.81. The molecule has 0 aromatic heterocycles. The molecular weight excluding hydrogens is 228 g/mol. The minimum atomic E-state index is -0.724. The fraction of sp³-hybridized carbons (Fsp3) is 0.400. The van der Waals surface area contributed by atoms with E-state index >= 15 is 0 Å². The Hall–Kier alpha value is -1.61. The Balaban J connectivity index is 2.06. The van der Waals surface area contributed by atoms with Crippen LogP contribution in [0.15, 0.2) is 30.8 Å². The van der Waals surface area contributed by atoms with Gasteiger partial charge in [-0.3, -0.25) is 4.79 Å². The third-order valence-corrected chi connectivity index (χ3v) is 2.66. The van der Waals surface area contributed by atoms with E-state index in [4.69, 9.17) is 9.84 Å². The first-order valence-electron chi connectivity index (χ1n) is 6.23. The van der Waals surface area contributed by atoms with Gasteiger partial charge in [-0.15, -0.1) is 0 Å². The van der Waals surface area contributed by atoms with Crippen molar-refractivity contribution in [2.45, 2.75) is 32.3 Å². The van der Waals surface area contributed by atoms with Gasteiger partial charge in [-0.2, -0.15) is 0 Å². The number of aliphatic carboxylic acids is 1. The van der Waals surface area contributed by atoms with Gasteiger partial charge in [0.05, 0.1) is 6.61 Å². The van der Waals surface area contributed by atoms with Crippen molar-refractivity contribution in [1.82, 2.24) is 0 Å². The zero-order valence-corrected chi connectivity index (χ0v) is 10.6. The van der Waals surface area contributed by atoms with Crippen molar-refractivity contribution in [2.75, 3.05) is 6.61 Å². The van der Waals surface area contributed by atoms with Crippen LogP contribution < -0.4 is 0 Å². The molecule has 3 heteroatoms. The number of benzene rings is 1. The summed E-state index contributed by atoms with van der Waals surface area (Å²) in [5, 5.41) is 8.47. The van der Waals surface area contributed by atoms with E-state index in [0.29, 0.717) is 13.2 Å². The van der Waals surface area contributed by atoms with Crippen LogP contribution >= 0.6 is 0 Å². The molecule has 0 amide bonds. The molecule has 1 aromatic carbocycles. The van der Waals surface area contributed by atoms with Gasteiger partial charge >= 0.3 is 5.97 Å². The Morgan fingerprint density at radius 2 is 1.94 bits per heavy atom. The first kappa shape index (κ1) is 14.5. The Labute approximate surface area is 108 Å². The second-order valence-electron chi connectivity index (χ2n) is 4.20. The van der Waals surface area contributed by atoms with Gasteiger partial charge in [0.15, 0.2) is 0 Å². The number of rotatable bonds is 9. The van der Waals surface area contributed by atoms with Crippen molar-refractivity contribution in [2.24, 2.45) is 0 Å². The van der Waals surface area contributed by atoms with Crippen LogP contribution in [0.2, 0.25) is 0 Å². The van der Waals surface area contributed by atoms with Crippen LogP contribution in [0.3, 0.4) is 0 Å². The largest absolute Gasteiger partial charge is 0.481 e. The molecular formula is C15H20O3. The van der Waals surface area contributed by atoms with Gasteiger partial charge in [0.1, 0.15) is 0 Å². The predicted octanol–water partition coefficient (Wildman–Crippen LogP) is 3.49. The van der Waals surface area contributed by atoms with Crippen LogP contribution in [0.25, 0.3) is 6.08 Å². The number of carbonyl (C=O) groups is 1. The molecule has 0 saturated carbocycles. The molecule has 0 aliphatic carbocycles. The molecule has 3 nitrogen and oxygen atoms in total. The zero-order chi connectivity index (χ0) is 13.2. The lowest BCUT2D eigenvalue weighted by molar-refractivity contribution is -0.137. The monoisotopic (exact) mass is 248 g/mol. The van der Waals surface area contributed by atoms with Crippen molar-refractivity contribution in [1.29, 1.82) is 0 Å². The molecule has 1 rings (SSSR count). The highest BCUT2D eigenvalue weighted by Crippen LogP contribution is 2.07. The van der Waals surface area contributed by atoms with Gasteiger partial charge in [0.2, 0.25) is 0 Å². The second-order valence-corrected chi connectivity index (χ2v) is 4.20. The van der Waals surface area contributed by atoms with Crippen molar-refractivity contribution < 1.29 is 14.6 Å². The van der Waals surface area contributed by atoms with Gasteiger partial charge < -0.3 is 9.84 Å². The van der Waals surface area contributed by atoms with E-state index in [9.17, 15) is 4.79 Å². The lowest BCUT2D eigenvalue weighted by Gasteiger charge is -2.04. The third-order valence-electron chi connectivity index (χ3n) is 2.66. The Morgan fingerprint density at radius 3 is 2.56 bits per heavy atom. The highest BCUT2D eigenvalue weighted by molar-refractivity contribution is 5.66. The number of carboxylic acid groups (broad SMARTS) is 1. The first-order valence-corrected chi connectivity index (χ1v) is 6.23. The summed E-state index contributed by atoms with van der Waals surface area (Å²) < 4.78 is 5.53. The van der Waals surface area contributed by atoms with E-state index in [2.05, 4.69) is 6.58 Å². The molecule has 0 spiro atoms. The summed E-state index contributed by atoms with van der Waals surface area (Å²) >= 11 is 0. The SMILES string of the molecule is C=Cc1ccc(COCCCCCC(=O)O)cc1. The van der Waals surface area contributed by atoms with Crippen molar-refractivity contribution in [3.05, 3.63) is 42.0 Å². The topological polar surface area (TPSA) is 46.5 Å². The molecule has 0 atom stereocenters. The molecule has 1 N–H and O–H groups in total. The van der Waals surface area contributed by atoms with Gasteiger partial charge in [0, 0.05) is 13.0 Å². The standard InChI is InChI=1S/C15H20O3/c1-2-13-7-9-14(10-8-13)12-18-11-5-3-4-6-15(16)17/h2,7-10H,1,3-6,11-12H2,(H,16,17). The minimum absolute atomic E-state index is 0.253. The number of unbranched alkanes of at least 4 members (excludes halogenated alkanes) is 2. The van der Waals surface area contributed by atoms with E-state index in [1.165, 1.54) is 0 Å². The highest BCUT2D eigenvalue weighted by atomic mass is 16.5. The summed E-state index contributed by atoms with van der Waals surface area (Å²) in [5.74, 6) is -0.724. The molecule has 0 saturated heterocycles. The number of carboxylic acids is 1. The fourth-order valence-corrected chi connectivity index (χ4v) is 1.60. The molecule has 18 heavy (non-hydrogen) atoms. The maximum atomic E-state index is 10.3. The maximum Gasteiger partial charge on any atom is 0.303 e. The molecule has 0 aliphatic rings. The summed E-state index contributed by atoms with van der Waals surface area (Å²) in [6.07, 6.45) is 4.61. The Bertz CT molecular complexity index is 368. The first-order chi connectivity index (χ1) is 8.72. The molecule has 0 radical (unpaired) electrons. The van der Waals surface area contributed by atoms with Crippen LogP contribution in [0.1, 0.15) is 36.8 Å². The van der Waals surface area contributed by atoms with Crippen LogP contribution in [-0.2, 0) is 16.1 Å². The summed E-state index contributed by atoms with van der Waals surface area (Å²) in [7, 11) is 0. The van der Waals surface area contributed by atoms with E-state index in [1.54, 1.807) is 0 Å². The van der Waals surface area contributed by atoms with Crippen molar-refractivity contribution in [3.63, 3.8) is 0 Å². The van der Waals surface area contributed by atoms with E-state index in [-0.39, 0.29) is 6.42 Å². The van der Waals surface area contributed by atoms with Gasteiger partial charge in [-0.1, -0.05) is 43.3 Å². The van der Waals surface area contributed by atoms with Gasteiger partial charge in [-0.05, 0) is 24.0 Å². The number of ether oxygens (including phenoxy) is 1. The normalized spacial score (nSPS) is 10.2. The van der Waals surface area contributed by atoms with Crippen LogP contribution in [0.5, 0.6) is 0 Å². The quantitative estimate of drug-likeness (QED) is 0.680. The molecule has 0 heterocycles. The smallest absolute Gasteiger partial charge is 0.303 e. The molecule has 1 aromatic rings. The van der Waals surface area contributed by atoms with Crippen LogP contribution in [0, 0.1) is 0 Å². The fourth-order valence-electron chi connectivity index (χ4n) is 1.60. The molecule has 0 aliphatic heterocycles. The van der Waals surface area contributed by atoms with Crippen molar-refractivity contribution >= 4 is 12.0 Å². The molecule has 0 fully saturated rings. The van der Waals surface area contributed by atoms with Crippen molar-refractivity contribution in [3.8, 4) is 0 Å². The van der Waals surface area contributed by atoms with Crippen LogP contribution in [-0.4, -0.2) is 17.7 Å². The Morgan fingerprint density at radius 1 is 1.22 bits per heavy atom. The average Bonchev–Trinajstić information content (AvgIpc) is 2.38. The van der Waals surface area contributed by atoms with Gasteiger partial charge in [0.25, 0.3) is 0 Å². The van der Waals surface area contributed by atoms with E-state index < -0.39 is 5.97 Å². The minimum Gasteiger partial charge on any atom is -0.481 e. The van der Waals surface area contributed by atoms with E-state index in [0.717, 1.165) is 30.4 Å². The summed E-state index contributed by atoms with van der Waals surface area (Å²) in [4.78, 5) is 10.3. The number of hydrogen-bond donors (Lipinski definition) is 1. The lowest BCUT2D eigenvalue weighted by atomic mass is 10.1. The predicted molar refractivity (Wildman–Crippen MR) is 72.3 cm³/mol. The van der Waals surface area contributed by atoms with Crippen LogP contribution in [0.4, 0.5) is 0 Å². The average molecular weight is 248 g/mol. The number of hydrogen-bond acceptors (Lipinski definition) is 2. The lowest BCUT2D eigenvalue weighted by Crippen LogP contribution is -1.97. The molecule has 0 bridgehead atoms. The summed E-state index contributed by atoms with van der Waals surface area (Å²) in [5.41, 5.74) is 2.25. The zero-order valence-electron chi connectivity index (χ0n) is 10.6. The third kappa shape index (κ3) is 6.21. The van der Waals surface area contributed by atoms with E-state index in [1.807, 2.05) is 30.3 Å². The summed E-state index contributed by atoms with van der Waals surface area (Å²) in [6, 6.07) is 8.08. The maximum absolute atomic E-state index is 10.3. The highest BCUT2D eigenvalue weighted by Gasteiger charge is 1.97. The van der Waals surface area contributed by atoms with Gasteiger partial charge in [-0.25, -0.2) is 0 Å². The molecule has 0 unspecified atom stereocenters. The second kappa shape index (κ2) is 8.48.